The molecule has 40 heavy (non-hydrogen) atoms. The first-order valence-electron chi connectivity index (χ1n) is 13.3. The fraction of sp³-hybridized carbons (Fsp3) is 0.481. The Bertz CT molecular complexity index is 1460. The molecule has 3 aliphatic rings. The average molecular weight is 579 g/mol. The number of halogens is 3. The van der Waals surface area contributed by atoms with Crippen LogP contribution >= 0.6 is 0 Å². The van der Waals surface area contributed by atoms with Gasteiger partial charge < -0.3 is 19.3 Å². The van der Waals surface area contributed by atoms with Crippen molar-refractivity contribution in [1.29, 1.82) is 0 Å². The first kappa shape index (κ1) is 27.0. The lowest BCUT2D eigenvalue weighted by Gasteiger charge is -2.36. The third-order valence-corrected chi connectivity index (χ3v) is 8.93. The van der Waals surface area contributed by atoms with E-state index in [-0.39, 0.29) is 40.9 Å². The van der Waals surface area contributed by atoms with Crippen molar-refractivity contribution in [2.24, 2.45) is 17.0 Å². The molecule has 3 saturated carbocycles. The van der Waals surface area contributed by atoms with Gasteiger partial charge in [-0.25, -0.2) is 18.5 Å². The topological polar surface area (TPSA) is 130 Å². The summed E-state index contributed by atoms with van der Waals surface area (Å²) in [6.45, 7) is 0.184. The molecule has 1 aromatic carbocycles. The molecule has 0 spiro atoms. The molecule has 3 unspecified atom stereocenters. The maximum absolute atomic E-state index is 13.1. The van der Waals surface area contributed by atoms with Crippen LogP contribution in [0.2, 0.25) is 0 Å². The van der Waals surface area contributed by atoms with Gasteiger partial charge in [-0.1, -0.05) is 17.3 Å². The van der Waals surface area contributed by atoms with Crippen LogP contribution < -0.4 is 15.2 Å². The number of nitrogens with two attached hydrogens (primary N) is 1. The van der Waals surface area contributed by atoms with E-state index in [1.165, 1.54) is 24.4 Å². The second kappa shape index (κ2) is 10.3. The van der Waals surface area contributed by atoms with E-state index in [0.717, 1.165) is 38.5 Å². The highest BCUT2D eigenvalue weighted by atomic mass is 32.2. The number of aromatic nitrogens is 2. The fourth-order valence-electron chi connectivity index (χ4n) is 6.07. The maximum atomic E-state index is 13.1. The lowest BCUT2D eigenvalue weighted by atomic mass is 9.82. The summed E-state index contributed by atoms with van der Waals surface area (Å²) in [7, 11) is -3.81. The van der Waals surface area contributed by atoms with E-state index < -0.39 is 16.4 Å². The minimum absolute atomic E-state index is 0.0234. The molecule has 3 N–H and O–H groups in total. The van der Waals surface area contributed by atoms with Gasteiger partial charge in [0.2, 0.25) is 10.0 Å². The van der Waals surface area contributed by atoms with Crippen molar-refractivity contribution in [2.45, 2.75) is 74.5 Å². The highest BCUT2D eigenvalue weighted by molar-refractivity contribution is 7.89. The van der Waals surface area contributed by atoms with Crippen LogP contribution in [0.25, 0.3) is 11.3 Å². The van der Waals surface area contributed by atoms with E-state index in [1.54, 1.807) is 18.2 Å². The van der Waals surface area contributed by atoms with Gasteiger partial charge in [0.15, 0.2) is 0 Å². The van der Waals surface area contributed by atoms with Crippen LogP contribution in [0.5, 0.6) is 5.75 Å². The number of rotatable bonds is 9. The zero-order valence-electron chi connectivity index (χ0n) is 21.4. The van der Waals surface area contributed by atoms with Crippen molar-refractivity contribution in [1.82, 2.24) is 10.1 Å². The van der Waals surface area contributed by atoms with E-state index in [1.807, 2.05) is 0 Å². The summed E-state index contributed by atoms with van der Waals surface area (Å²) in [5.74, 6) is 1.81. The predicted molar refractivity (Wildman–Crippen MR) is 138 cm³/mol. The van der Waals surface area contributed by atoms with Gasteiger partial charge in [-0.2, -0.15) is 0 Å². The average Bonchev–Trinajstić information content (AvgIpc) is 3.61. The van der Waals surface area contributed by atoms with E-state index in [4.69, 9.17) is 14.4 Å². The lowest BCUT2D eigenvalue weighted by molar-refractivity contribution is -0.274. The van der Waals surface area contributed by atoms with Gasteiger partial charge in [-0.15, -0.1) is 13.2 Å². The van der Waals surface area contributed by atoms with Crippen molar-refractivity contribution < 1.29 is 35.6 Å². The summed E-state index contributed by atoms with van der Waals surface area (Å²) in [5, 5.41) is 12.8. The van der Waals surface area contributed by atoms with Gasteiger partial charge in [0.25, 0.3) is 0 Å². The second-order valence-corrected chi connectivity index (χ2v) is 12.3. The van der Waals surface area contributed by atoms with Crippen LogP contribution in [-0.4, -0.2) is 37.1 Å². The summed E-state index contributed by atoms with van der Waals surface area (Å²) >= 11 is 0. The van der Waals surface area contributed by atoms with Crippen LogP contribution in [0.15, 0.2) is 52.0 Å². The minimum Gasteiger partial charge on any atom is -0.405 e. The molecule has 3 aromatic rings. The van der Waals surface area contributed by atoms with Crippen LogP contribution in [0.4, 0.5) is 19.0 Å². The zero-order chi connectivity index (χ0) is 28.1. The van der Waals surface area contributed by atoms with Crippen molar-refractivity contribution in [3.63, 3.8) is 0 Å². The van der Waals surface area contributed by atoms with E-state index in [2.05, 4.69) is 20.2 Å². The summed E-state index contributed by atoms with van der Waals surface area (Å²) in [6, 6.07) is 9.17. The molecule has 0 saturated heterocycles. The predicted octanol–water partition coefficient (Wildman–Crippen LogP) is 5.35. The van der Waals surface area contributed by atoms with Crippen molar-refractivity contribution >= 4 is 15.8 Å². The smallest absolute Gasteiger partial charge is 0.405 e. The summed E-state index contributed by atoms with van der Waals surface area (Å²) in [4.78, 5) is 4.19. The Balaban J connectivity index is 1.15. The number of fused-ring (bicyclic) bond motifs is 2. The molecule has 2 bridgehead atoms. The summed E-state index contributed by atoms with van der Waals surface area (Å²) in [5.41, 5.74) is 1.20. The number of anilines is 1. The highest BCUT2D eigenvalue weighted by Crippen LogP contribution is 2.47. The number of para-hydroxylation sites is 1. The molecular formula is C27H29F3N4O5S. The maximum Gasteiger partial charge on any atom is 0.573 e. The normalized spacial score (nSPS) is 24.7. The first-order chi connectivity index (χ1) is 19.0. The molecule has 13 heteroatoms. The minimum atomic E-state index is -4.83. The summed E-state index contributed by atoms with van der Waals surface area (Å²) in [6.07, 6.45) is 1.97. The van der Waals surface area contributed by atoms with Crippen LogP contribution in [-0.2, 0) is 21.4 Å². The molecule has 0 radical (unpaired) electrons. The van der Waals surface area contributed by atoms with E-state index in [0.29, 0.717) is 34.7 Å². The Kier molecular flexibility index (Phi) is 6.99. The monoisotopic (exact) mass is 578 g/mol. The molecule has 4 atom stereocenters. The number of ether oxygens (including phenoxy) is 2. The SMILES string of the molecule is NS(=O)(=O)c1ccc(NC2C3CC[C@H]2CC(OCc2c(-c4ccccc4OC(F)(F)F)noc2C2CC2)C3)nc1. The molecule has 6 rings (SSSR count). The number of alkyl halides is 3. The molecule has 3 fully saturated rings. The number of pyridine rings is 1. The largest absolute Gasteiger partial charge is 0.573 e. The Labute approximate surface area is 229 Å². The molecule has 214 valence electrons. The zero-order valence-corrected chi connectivity index (χ0v) is 22.2. The number of hydrogen-bond acceptors (Lipinski definition) is 8. The van der Waals surface area contributed by atoms with Crippen molar-refractivity contribution in [3.8, 4) is 17.0 Å². The molecular weight excluding hydrogens is 549 g/mol. The van der Waals surface area contributed by atoms with Crippen LogP contribution in [0, 0.1) is 11.8 Å². The third-order valence-electron chi connectivity index (χ3n) is 8.03. The number of nitrogens with one attached hydrogen (secondary N) is 1. The van der Waals surface area contributed by atoms with Gasteiger partial charge in [0.1, 0.15) is 27.9 Å². The van der Waals surface area contributed by atoms with Gasteiger partial charge in [-0.3, -0.25) is 0 Å². The Morgan fingerprint density at radius 3 is 2.40 bits per heavy atom. The Hall–Kier alpha value is -3.16. The van der Waals surface area contributed by atoms with Gasteiger partial charge in [-0.05, 0) is 74.6 Å². The van der Waals surface area contributed by atoms with Gasteiger partial charge >= 0.3 is 6.36 Å². The standard InChI is InChI=1S/C27H29F3N4O5S/c28-27(29,30)38-22-4-2-1-3-20(22)25-21(26(39-34-25)15-5-6-15)14-37-18-11-16-7-8-17(12-18)24(16)33-23-10-9-19(13-32-23)40(31,35)36/h1-4,9-10,13,15-18,24H,5-8,11-12,14H2,(H,32,33)(H2,31,35,36)/t16-,17?,18?,24?/m0/s1. The Morgan fingerprint density at radius 2 is 1.77 bits per heavy atom. The number of benzene rings is 1. The van der Waals surface area contributed by atoms with Gasteiger partial charge in [0, 0.05) is 29.3 Å². The molecule has 0 amide bonds. The van der Waals surface area contributed by atoms with Crippen molar-refractivity contribution in [2.75, 3.05) is 5.32 Å². The van der Waals surface area contributed by atoms with Crippen LogP contribution in [0.1, 0.15) is 55.8 Å². The first-order valence-corrected chi connectivity index (χ1v) is 14.8. The Morgan fingerprint density at radius 1 is 1.05 bits per heavy atom. The van der Waals surface area contributed by atoms with Crippen LogP contribution in [0.3, 0.4) is 0 Å². The molecule has 2 heterocycles. The lowest BCUT2D eigenvalue weighted by Crippen LogP contribution is -2.39. The van der Waals surface area contributed by atoms with Gasteiger partial charge in [0.05, 0.1) is 12.7 Å². The van der Waals surface area contributed by atoms with E-state index >= 15 is 0 Å². The molecule has 2 aromatic heterocycles. The second-order valence-electron chi connectivity index (χ2n) is 10.8. The third kappa shape index (κ3) is 5.81. The van der Waals surface area contributed by atoms with E-state index in [9.17, 15) is 21.6 Å². The fourth-order valence-corrected chi connectivity index (χ4v) is 6.52. The summed E-state index contributed by atoms with van der Waals surface area (Å²) < 4.78 is 78.5. The van der Waals surface area contributed by atoms with Crippen molar-refractivity contribution in [3.05, 3.63) is 53.9 Å². The molecule has 0 aliphatic heterocycles. The number of nitrogens with zero attached hydrogens (tertiary/aromatic N) is 2. The quantitative estimate of drug-likeness (QED) is 0.348. The number of primary sulfonamides is 1. The molecule has 3 aliphatic carbocycles. The highest BCUT2D eigenvalue weighted by Gasteiger charge is 2.44. The number of hydrogen-bond donors (Lipinski definition) is 2. The number of sulfonamides is 1. The molecule has 9 nitrogen and oxygen atoms in total.